The van der Waals surface area contributed by atoms with Crippen molar-refractivity contribution in [2.24, 2.45) is 0 Å². The van der Waals surface area contributed by atoms with Gasteiger partial charge >= 0.3 is 0 Å². The van der Waals surface area contributed by atoms with E-state index in [4.69, 9.17) is 10.2 Å². The first kappa shape index (κ1) is 17.9. The predicted octanol–water partition coefficient (Wildman–Crippen LogP) is 0.888. The second-order valence-corrected chi connectivity index (χ2v) is 4.66. The molecule has 0 aliphatic heterocycles. The van der Waals surface area contributed by atoms with E-state index in [1.54, 1.807) is 10.9 Å². The van der Waals surface area contributed by atoms with Gasteiger partial charge in [0, 0.05) is 13.1 Å². The molecule has 2 N–H and O–H groups in total. The lowest BCUT2D eigenvalue weighted by Gasteiger charge is -2.20. The van der Waals surface area contributed by atoms with E-state index in [1.807, 2.05) is 11.0 Å². The molecule has 0 bridgehead atoms. The van der Waals surface area contributed by atoms with Gasteiger partial charge in [0.15, 0.2) is 0 Å². The minimum Gasteiger partial charge on any atom is -0.395 e. The first-order valence-electron chi connectivity index (χ1n) is 6.90. The summed E-state index contributed by atoms with van der Waals surface area (Å²) in [7, 11) is 0. The molecule has 1 aliphatic rings. The van der Waals surface area contributed by atoms with Gasteiger partial charge in [-0.1, -0.05) is 16.9 Å². The summed E-state index contributed by atoms with van der Waals surface area (Å²) >= 11 is 3.53. The quantitative estimate of drug-likeness (QED) is 0.680. The summed E-state index contributed by atoms with van der Waals surface area (Å²) in [5, 5.41) is 26.3. The molecule has 2 rings (SSSR count). The van der Waals surface area contributed by atoms with Crippen molar-refractivity contribution in [2.45, 2.75) is 20.0 Å². The van der Waals surface area contributed by atoms with Gasteiger partial charge in [-0.2, -0.15) is 12.6 Å². The van der Waals surface area contributed by atoms with Crippen LogP contribution in [0.5, 0.6) is 0 Å². The van der Waals surface area contributed by atoms with Gasteiger partial charge in [0.05, 0.1) is 25.6 Å². The van der Waals surface area contributed by atoms with Crippen molar-refractivity contribution in [2.75, 3.05) is 32.6 Å². The molecule has 0 saturated carbocycles. The standard InChI is InChI=1S/C13H20N4O2.CH4S/c1-11-3-2-4-12-13(9-11)17(15-14-12)10-16(5-7-18)6-8-19;1-2/h2,4,9,18-19H,3,5-8,10H2,1H3;2H,1H3. The second kappa shape index (κ2) is 9.73. The van der Waals surface area contributed by atoms with Crippen LogP contribution in [0, 0.1) is 0 Å². The highest BCUT2D eigenvalue weighted by Gasteiger charge is 2.13. The van der Waals surface area contributed by atoms with Crippen LogP contribution in [-0.4, -0.2) is 62.7 Å². The lowest BCUT2D eigenvalue weighted by molar-refractivity contribution is 0.128. The lowest BCUT2D eigenvalue weighted by atomic mass is 10.2. The summed E-state index contributed by atoms with van der Waals surface area (Å²) in [6, 6.07) is 0. The molecule has 6 nitrogen and oxygen atoms in total. The summed E-state index contributed by atoms with van der Waals surface area (Å²) in [5.74, 6) is 0. The monoisotopic (exact) mass is 312 g/mol. The van der Waals surface area contributed by atoms with Crippen LogP contribution in [0.15, 0.2) is 11.6 Å². The molecule has 1 heterocycles. The van der Waals surface area contributed by atoms with Gasteiger partial charge in [0.1, 0.15) is 5.69 Å². The molecular formula is C14H24N4O2S. The molecule has 0 aromatic carbocycles. The number of thiol groups is 1. The summed E-state index contributed by atoms with van der Waals surface area (Å²) in [5.41, 5.74) is 3.10. The van der Waals surface area contributed by atoms with Crippen molar-refractivity contribution in [1.29, 1.82) is 0 Å². The maximum atomic E-state index is 9.03. The van der Waals surface area contributed by atoms with E-state index >= 15 is 0 Å². The molecule has 7 heteroatoms. The Hall–Kier alpha value is -1.15. The average Bonchev–Trinajstić information content (AvgIpc) is 2.74. The van der Waals surface area contributed by atoms with Gasteiger partial charge in [-0.15, -0.1) is 5.10 Å². The summed E-state index contributed by atoms with van der Waals surface area (Å²) in [4.78, 5) is 1.94. The number of rotatable bonds is 6. The van der Waals surface area contributed by atoms with Crippen LogP contribution in [0.4, 0.5) is 0 Å². The lowest BCUT2D eigenvalue weighted by Crippen LogP contribution is -2.32. The largest absolute Gasteiger partial charge is 0.395 e. The molecular weight excluding hydrogens is 288 g/mol. The molecule has 21 heavy (non-hydrogen) atoms. The smallest absolute Gasteiger partial charge is 0.112 e. The fourth-order valence-electron chi connectivity index (χ4n) is 2.08. The Balaban J connectivity index is 0.00000106. The number of allylic oxidation sites excluding steroid dienone is 2. The highest BCUT2D eigenvalue weighted by atomic mass is 32.1. The summed E-state index contributed by atoms with van der Waals surface area (Å²) in [6.45, 7) is 3.73. The van der Waals surface area contributed by atoms with Crippen LogP contribution in [0.1, 0.15) is 24.7 Å². The Kier molecular flexibility index (Phi) is 8.29. The number of aliphatic hydroxyl groups is 2. The summed E-state index contributed by atoms with van der Waals surface area (Å²) in [6.07, 6.45) is 8.77. The fourth-order valence-corrected chi connectivity index (χ4v) is 2.08. The fraction of sp³-hybridized carbons (Fsp3) is 0.571. The minimum absolute atomic E-state index is 0.0612. The third kappa shape index (κ3) is 5.28. The molecule has 1 aromatic rings. The molecule has 0 fully saturated rings. The maximum absolute atomic E-state index is 9.03. The minimum atomic E-state index is 0.0612. The SMILES string of the molecule is CC1=Cc2c(nnn2CN(CCO)CCO)C=CC1.CS. The summed E-state index contributed by atoms with van der Waals surface area (Å²) < 4.78 is 1.81. The van der Waals surface area contributed by atoms with Crippen LogP contribution < -0.4 is 0 Å². The van der Waals surface area contributed by atoms with Crippen molar-refractivity contribution >= 4 is 24.8 Å². The second-order valence-electron chi connectivity index (χ2n) is 4.66. The number of aliphatic hydroxyl groups excluding tert-OH is 2. The van der Waals surface area contributed by atoms with Crippen molar-refractivity contribution in [3.8, 4) is 0 Å². The molecule has 118 valence electrons. The number of hydrogen-bond donors (Lipinski definition) is 3. The molecule has 0 spiro atoms. The van der Waals surface area contributed by atoms with Gasteiger partial charge < -0.3 is 10.2 Å². The number of hydrogen-bond acceptors (Lipinski definition) is 6. The number of fused-ring (bicyclic) bond motifs is 1. The van der Waals surface area contributed by atoms with Crippen LogP contribution in [0.2, 0.25) is 0 Å². The number of aromatic nitrogens is 3. The van der Waals surface area contributed by atoms with Crippen LogP contribution >= 0.6 is 12.6 Å². The van der Waals surface area contributed by atoms with E-state index in [2.05, 4.69) is 42.0 Å². The Morgan fingerprint density at radius 1 is 1.29 bits per heavy atom. The number of nitrogens with zero attached hydrogens (tertiary/aromatic N) is 4. The molecule has 0 amide bonds. The molecule has 0 radical (unpaired) electrons. The van der Waals surface area contributed by atoms with Gasteiger partial charge in [-0.3, -0.25) is 4.90 Å². The highest BCUT2D eigenvalue weighted by Crippen LogP contribution is 2.19. The first-order valence-corrected chi connectivity index (χ1v) is 7.80. The zero-order chi connectivity index (χ0) is 15.7. The Morgan fingerprint density at radius 3 is 2.57 bits per heavy atom. The van der Waals surface area contributed by atoms with E-state index in [1.165, 1.54) is 5.57 Å². The van der Waals surface area contributed by atoms with E-state index in [9.17, 15) is 0 Å². The van der Waals surface area contributed by atoms with E-state index < -0.39 is 0 Å². The molecule has 1 aliphatic carbocycles. The van der Waals surface area contributed by atoms with Gasteiger partial charge in [-0.25, -0.2) is 4.68 Å². The van der Waals surface area contributed by atoms with Crippen molar-refractivity contribution in [3.05, 3.63) is 23.0 Å². The Labute approximate surface area is 131 Å². The third-order valence-electron chi connectivity index (χ3n) is 3.07. The molecule has 0 saturated heterocycles. The van der Waals surface area contributed by atoms with Gasteiger partial charge in [-0.05, 0) is 31.8 Å². The van der Waals surface area contributed by atoms with Crippen molar-refractivity contribution in [1.82, 2.24) is 19.9 Å². The van der Waals surface area contributed by atoms with Crippen molar-refractivity contribution in [3.63, 3.8) is 0 Å². The van der Waals surface area contributed by atoms with Gasteiger partial charge in [0.2, 0.25) is 0 Å². The zero-order valence-electron chi connectivity index (χ0n) is 12.6. The van der Waals surface area contributed by atoms with E-state index in [-0.39, 0.29) is 13.2 Å². The first-order chi connectivity index (χ1) is 10.2. The van der Waals surface area contributed by atoms with Crippen molar-refractivity contribution < 1.29 is 10.2 Å². The van der Waals surface area contributed by atoms with E-state index in [0.29, 0.717) is 19.8 Å². The van der Waals surface area contributed by atoms with Gasteiger partial charge in [0.25, 0.3) is 0 Å². The molecule has 0 atom stereocenters. The maximum Gasteiger partial charge on any atom is 0.112 e. The predicted molar refractivity (Wildman–Crippen MR) is 88.0 cm³/mol. The molecule has 1 aromatic heterocycles. The van der Waals surface area contributed by atoms with Crippen LogP contribution in [0.3, 0.4) is 0 Å². The van der Waals surface area contributed by atoms with E-state index in [0.717, 1.165) is 17.8 Å². The average molecular weight is 312 g/mol. The Morgan fingerprint density at radius 2 is 1.95 bits per heavy atom. The molecule has 0 unspecified atom stereocenters. The van der Waals surface area contributed by atoms with Crippen LogP contribution in [-0.2, 0) is 6.67 Å². The van der Waals surface area contributed by atoms with Crippen LogP contribution in [0.25, 0.3) is 12.2 Å². The normalized spacial score (nSPS) is 13.3. The highest BCUT2D eigenvalue weighted by molar-refractivity contribution is 7.79. The third-order valence-corrected chi connectivity index (χ3v) is 3.07. The Bertz CT molecular complexity index is 479. The zero-order valence-corrected chi connectivity index (χ0v) is 13.5. The topological polar surface area (TPSA) is 74.4 Å².